The molecule has 1 aromatic carbocycles. The molecular formula is C26H28N8O. The average Bonchev–Trinajstić information content (AvgIpc) is 3.35. The molecule has 0 spiro atoms. The van der Waals surface area contributed by atoms with Gasteiger partial charge in [0.1, 0.15) is 5.69 Å². The van der Waals surface area contributed by atoms with Gasteiger partial charge in [-0.2, -0.15) is 5.26 Å². The third kappa shape index (κ3) is 5.50. The van der Waals surface area contributed by atoms with Crippen LogP contribution in [0, 0.1) is 18.3 Å². The number of aromatic nitrogens is 5. The number of nitriles is 1. The number of rotatable bonds is 8. The van der Waals surface area contributed by atoms with E-state index < -0.39 is 5.41 Å². The van der Waals surface area contributed by atoms with Gasteiger partial charge >= 0.3 is 0 Å². The molecule has 0 unspecified atom stereocenters. The second kappa shape index (κ2) is 9.99. The summed E-state index contributed by atoms with van der Waals surface area (Å²) >= 11 is 0. The van der Waals surface area contributed by atoms with Crippen LogP contribution in [0.4, 0.5) is 5.69 Å². The minimum atomic E-state index is -0.713. The highest BCUT2D eigenvalue weighted by Gasteiger charge is 2.22. The lowest BCUT2D eigenvalue weighted by Gasteiger charge is -2.15. The zero-order chi connectivity index (χ0) is 25.0. The van der Waals surface area contributed by atoms with Gasteiger partial charge in [0.05, 0.1) is 34.8 Å². The van der Waals surface area contributed by atoms with Crippen molar-refractivity contribution in [2.24, 2.45) is 0 Å². The van der Waals surface area contributed by atoms with E-state index in [0.717, 1.165) is 29.9 Å². The van der Waals surface area contributed by atoms with Gasteiger partial charge in [-0.3, -0.25) is 9.97 Å². The summed E-state index contributed by atoms with van der Waals surface area (Å²) < 4.78 is 5.97. The Hall–Kier alpha value is -4.16. The summed E-state index contributed by atoms with van der Waals surface area (Å²) in [7, 11) is 4.09. The van der Waals surface area contributed by atoms with Crippen LogP contribution >= 0.6 is 0 Å². The molecule has 0 fully saturated rings. The van der Waals surface area contributed by atoms with Gasteiger partial charge in [-0.25, -0.2) is 4.98 Å². The molecule has 0 radical (unpaired) electrons. The van der Waals surface area contributed by atoms with Crippen LogP contribution in [0.3, 0.4) is 0 Å². The summed E-state index contributed by atoms with van der Waals surface area (Å²) in [6.07, 6.45) is 3.37. The summed E-state index contributed by atoms with van der Waals surface area (Å²) in [5, 5.41) is 21.3. The fourth-order valence-electron chi connectivity index (χ4n) is 3.37. The van der Waals surface area contributed by atoms with Crippen LogP contribution in [-0.4, -0.2) is 57.2 Å². The van der Waals surface area contributed by atoms with E-state index in [4.69, 9.17) is 9.40 Å². The van der Waals surface area contributed by atoms with Gasteiger partial charge in [0, 0.05) is 36.1 Å². The molecule has 0 aliphatic carbocycles. The first kappa shape index (κ1) is 24.0. The van der Waals surface area contributed by atoms with Crippen molar-refractivity contribution < 1.29 is 4.42 Å². The number of nitrogens with zero attached hydrogens (tertiary/aromatic N) is 7. The molecule has 178 valence electrons. The van der Waals surface area contributed by atoms with Gasteiger partial charge in [-0.15, -0.1) is 10.2 Å². The highest BCUT2D eigenvalue weighted by atomic mass is 16.4. The largest absolute Gasteiger partial charge is 0.415 e. The molecule has 0 saturated heterocycles. The van der Waals surface area contributed by atoms with Gasteiger partial charge in [-0.1, -0.05) is 0 Å². The van der Waals surface area contributed by atoms with Crippen molar-refractivity contribution in [3.8, 4) is 40.4 Å². The Labute approximate surface area is 204 Å². The van der Waals surface area contributed by atoms with Crippen molar-refractivity contribution in [1.82, 2.24) is 30.0 Å². The number of hydrogen-bond donors (Lipinski definition) is 1. The van der Waals surface area contributed by atoms with Crippen molar-refractivity contribution in [3.05, 3.63) is 60.2 Å². The Morgan fingerprint density at radius 1 is 1.03 bits per heavy atom. The highest BCUT2D eigenvalue weighted by Crippen LogP contribution is 2.29. The first-order valence-electron chi connectivity index (χ1n) is 11.3. The van der Waals surface area contributed by atoms with Crippen LogP contribution in [0.5, 0.6) is 0 Å². The fraction of sp³-hybridized carbons (Fsp3) is 0.308. The van der Waals surface area contributed by atoms with Crippen molar-refractivity contribution in [1.29, 1.82) is 5.26 Å². The summed E-state index contributed by atoms with van der Waals surface area (Å²) in [4.78, 5) is 15.7. The lowest BCUT2D eigenvalue weighted by Crippen LogP contribution is -2.20. The Kier molecular flexibility index (Phi) is 6.85. The van der Waals surface area contributed by atoms with E-state index in [-0.39, 0.29) is 0 Å². The molecule has 0 saturated carbocycles. The minimum Gasteiger partial charge on any atom is -0.415 e. The van der Waals surface area contributed by atoms with Crippen LogP contribution in [0.15, 0.2) is 53.2 Å². The van der Waals surface area contributed by atoms with E-state index in [2.05, 4.69) is 36.5 Å². The normalized spacial score (nSPS) is 11.5. The van der Waals surface area contributed by atoms with Crippen LogP contribution in [0.2, 0.25) is 0 Å². The van der Waals surface area contributed by atoms with Crippen LogP contribution in [-0.2, 0) is 5.41 Å². The summed E-state index contributed by atoms with van der Waals surface area (Å²) in [5.41, 5.74) is 4.44. The molecule has 9 nitrogen and oxygen atoms in total. The fourth-order valence-corrected chi connectivity index (χ4v) is 3.37. The number of hydrogen-bond acceptors (Lipinski definition) is 9. The molecule has 35 heavy (non-hydrogen) atoms. The predicted molar refractivity (Wildman–Crippen MR) is 134 cm³/mol. The average molecular weight is 469 g/mol. The first-order chi connectivity index (χ1) is 16.8. The minimum absolute atomic E-state index is 0.298. The number of likely N-dealkylation sites (N-methyl/N-ethyl adjacent to an activating group) is 1. The number of pyridine rings is 1. The lowest BCUT2D eigenvalue weighted by molar-refractivity contribution is 0.425. The predicted octanol–water partition coefficient (Wildman–Crippen LogP) is 4.34. The van der Waals surface area contributed by atoms with E-state index in [1.807, 2.05) is 71.3 Å². The van der Waals surface area contributed by atoms with E-state index in [0.29, 0.717) is 34.6 Å². The monoisotopic (exact) mass is 468 g/mol. The Balaban J connectivity index is 1.58. The lowest BCUT2D eigenvalue weighted by atomic mass is 9.90. The third-order valence-corrected chi connectivity index (χ3v) is 5.58. The molecule has 1 N–H and O–H groups in total. The maximum absolute atomic E-state index is 9.46. The van der Waals surface area contributed by atoms with Crippen molar-refractivity contribution in [3.63, 3.8) is 0 Å². The van der Waals surface area contributed by atoms with Gasteiger partial charge < -0.3 is 14.6 Å². The van der Waals surface area contributed by atoms with Crippen LogP contribution in [0.25, 0.3) is 34.3 Å². The maximum atomic E-state index is 9.46. The highest BCUT2D eigenvalue weighted by molar-refractivity contribution is 5.64. The van der Waals surface area contributed by atoms with Crippen molar-refractivity contribution >= 4 is 5.69 Å². The van der Waals surface area contributed by atoms with E-state index in [1.54, 1.807) is 12.4 Å². The molecule has 3 aromatic heterocycles. The molecule has 0 aliphatic heterocycles. The van der Waals surface area contributed by atoms with Crippen LogP contribution in [0.1, 0.15) is 25.2 Å². The standard InChI is InChI=1S/C26H28N8O/c1-17-23(31-21(15-30-17)19-10-11-29-22(14-19)26(2,3)16-27)25-33-32-24(35-25)18-6-8-20(9-7-18)28-12-13-34(4)5/h6-11,14-15,28H,12-13H2,1-5H3. The molecule has 9 heteroatoms. The summed E-state index contributed by atoms with van der Waals surface area (Å²) in [6.45, 7) is 7.32. The molecule has 0 amide bonds. The number of nitrogens with one attached hydrogen (secondary N) is 1. The Bertz CT molecular complexity index is 1350. The van der Waals surface area contributed by atoms with Crippen molar-refractivity contribution in [2.75, 3.05) is 32.5 Å². The van der Waals surface area contributed by atoms with E-state index >= 15 is 0 Å². The van der Waals surface area contributed by atoms with Crippen molar-refractivity contribution in [2.45, 2.75) is 26.2 Å². The van der Waals surface area contributed by atoms with E-state index in [9.17, 15) is 5.26 Å². The zero-order valence-corrected chi connectivity index (χ0v) is 20.6. The molecular weight excluding hydrogens is 440 g/mol. The smallest absolute Gasteiger partial charge is 0.268 e. The van der Waals surface area contributed by atoms with Crippen LogP contribution < -0.4 is 5.32 Å². The molecule has 4 rings (SSSR count). The maximum Gasteiger partial charge on any atom is 0.268 e. The molecule has 0 aliphatic rings. The van der Waals surface area contributed by atoms with Gasteiger partial charge in [0.2, 0.25) is 5.89 Å². The topological polar surface area (TPSA) is 117 Å². The number of anilines is 1. The second-order valence-electron chi connectivity index (χ2n) is 9.08. The molecule has 0 bridgehead atoms. The van der Waals surface area contributed by atoms with Gasteiger partial charge in [-0.05, 0) is 71.3 Å². The summed E-state index contributed by atoms with van der Waals surface area (Å²) in [6, 6.07) is 13.9. The molecule has 4 aromatic rings. The van der Waals surface area contributed by atoms with Gasteiger partial charge in [0.25, 0.3) is 5.89 Å². The number of aryl methyl sites for hydroxylation is 1. The number of benzene rings is 1. The quantitative estimate of drug-likeness (QED) is 0.403. The third-order valence-electron chi connectivity index (χ3n) is 5.58. The van der Waals surface area contributed by atoms with E-state index in [1.165, 1.54) is 0 Å². The van der Waals surface area contributed by atoms with Gasteiger partial charge in [0.15, 0.2) is 0 Å². The zero-order valence-electron chi connectivity index (χ0n) is 20.6. The SMILES string of the molecule is Cc1ncc(-c2ccnc(C(C)(C)C#N)c2)nc1-c1nnc(-c2ccc(NCCN(C)C)cc2)o1. The molecule has 0 atom stereocenters. The Morgan fingerprint density at radius 2 is 1.77 bits per heavy atom. The Morgan fingerprint density at radius 3 is 2.49 bits per heavy atom. The summed E-state index contributed by atoms with van der Waals surface area (Å²) in [5.74, 6) is 0.708. The second-order valence-corrected chi connectivity index (χ2v) is 9.08. The molecule has 3 heterocycles. The first-order valence-corrected chi connectivity index (χ1v) is 11.3.